The number of rotatable bonds is 1. The standard InChI is InChI=1S/C10H17NO2/c12-10-5-3-9(4-6-10)11-7-1-2-8-13-11/h9H,1-8H2. The van der Waals surface area contributed by atoms with E-state index < -0.39 is 0 Å². The van der Waals surface area contributed by atoms with Crippen LogP contribution in [0.25, 0.3) is 0 Å². The SMILES string of the molecule is O=C1CCC(N2CCCCO2)CC1. The van der Waals surface area contributed by atoms with Crippen molar-refractivity contribution >= 4 is 5.78 Å². The Hall–Kier alpha value is -0.410. The summed E-state index contributed by atoms with van der Waals surface area (Å²) in [5.41, 5.74) is 0. The molecular weight excluding hydrogens is 166 g/mol. The summed E-state index contributed by atoms with van der Waals surface area (Å²) >= 11 is 0. The molecule has 0 bridgehead atoms. The minimum absolute atomic E-state index is 0.424. The van der Waals surface area contributed by atoms with Crippen LogP contribution in [0.3, 0.4) is 0 Å². The van der Waals surface area contributed by atoms with Crippen LogP contribution in [0, 0.1) is 0 Å². The fourth-order valence-electron chi connectivity index (χ4n) is 2.12. The Bertz CT molecular complexity index is 177. The lowest BCUT2D eigenvalue weighted by molar-refractivity contribution is -0.210. The molecule has 2 aliphatic rings. The van der Waals surface area contributed by atoms with Crippen molar-refractivity contribution in [1.29, 1.82) is 0 Å². The first kappa shape index (κ1) is 9.16. The molecule has 1 saturated carbocycles. The zero-order valence-electron chi connectivity index (χ0n) is 8.00. The fraction of sp³-hybridized carbons (Fsp3) is 0.900. The summed E-state index contributed by atoms with van der Waals surface area (Å²) in [6.45, 7) is 1.92. The lowest BCUT2D eigenvalue weighted by Crippen LogP contribution is -2.41. The number of nitrogens with zero attached hydrogens (tertiary/aromatic N) is 1. The maximum absolute atomic E-state index is 11.0. The van der Waals surface area contributed by atoms with E-state index in [1.54, 1.807) is 0 Å². The summed E-state index contributed by atoms with van der Waals surface area (Å²) in [6, 6.07) is 0.512. The maximum atomic E-state index is 11.0. The molecule has 0 aromatic carbocycles. The van der Waals surface area contributed by atoms with Crippen LogP contribution >= 0.6 is 0 Å². The Morgan fingerprint density at radius 1 is 1.23 bits per heavy atom. The van der Waals surface area contributed by atoms with Crippen LogP contribution in [0.2, 0.25) is 0 Å². The molecule has 0 aromatic heterocycles. The first-order chi connectivity index (χ1) is 6.36. The van der Waals surface area contributed by atoms with Crippen molar-refractivity contribution in [2.45, 2.75) is 44.6 Å². The second kappa shape index (κ2) is 4.20. The van der Waals surface area contributed by atoms with Crippen molar-refractivity contribution < 1.29 is 9.63 Å². The summed E-state index contributed by atoms with van der Waals surface area (Å²) in [7, 11) is 0. The highest BCUT2D eigenvalue weighted by Crippen LogP contribution is 2.22. The summed E-state index contributed by atoms with van der Waals surface area (Å²) in [6.07, 6.45) is 5.93. The van der Waals surface area contributed by atoms with E-state index in [1.807, 2.05) is 0 Å². The molecule has 0 atom stereocenters. The van der Waals surface area contributed by atoms with Crippen LogP contribution in [-0.2, 0) is 9.63 Å². The van der Waals surface area contributed by atoms with Crippen LogP contribution in [0.4, 0.5) is 0 Å². The third-order valence-electron chi connectivity index (χ3n) is 2.95. The number of carbonyl (C=O) groups is 1. The van der Waals surface area contributed by atoms with Crippen LogP contribution in [0.1, 0.15) is 38.5 Å². The molecule has 0 amide bonds. The van der Waals surface area contributed by atoms with Gasteiger partial charge >= 0.3 is 0 Å². The van der Waals surface area contributed by atoms with Crippen LogP contribution in [0.15, 0.2) is 0 Å². The van der Waals surface area contributed by atoms with Gasteiger partial charge in [0.15, 0.2) is 0 Å². The van der Waals surface area contributed by atoms with Gasteiger partial charge in [-0.05, 0) is 25.7 Å². The molecule has 3 heteroatoms. The number of ketones is 1. The molecule has 0 unspecified atom stereocenters. The van der Waals surface area contributed by atoms with Gasteiger partial charge in [0.2, 0.25) is 0 Å². The Labute approximate surface area is 79.0 Å². The van der Waals surface area contributed by atoms with Crippen molar-refractivity contribution in [2.24, 2.45) is 0 Å². The van der Waals surface area contributed by atoms with Gasteiger partial charge in [-0.25, -0.2) is 0 Å². The largest absolute Gasteiger partial charge is 0.300 e. The van der Waals surface area contributed by atoms with E-state index in [0.29, 0.717) is 11.8 Å². The summed E-state index contributed by atoms with van der Waals surface area (Å²) in [5.74, 6) is 0.424. The molecule has 2 fully saturated rings. The number of hydrogen-bond donors (Lipinski definition) is 0. The fourth-order valence-corrected chi connectivity index (χ4v) is 2.12. The zero-order valence-corrected chi connectivity index (χ0v) is 8.00. The van der Waals surface area contributed by atoms with Gasteiger partial charge in [0, 0.05) is 25.4 Å². The minimum atomic E-state index is 0.424. The maximum Gasteiger partial charge on any atom is 0.133 e. The number of carbonyl (C=O) groups excluding carboxylic acids is 1. The Morgan fingerprint density at radius 2 is 2.00 bits per heavy atom. The first-order valence-electron chi connectivity index (χ1n) is 5.27. The number of hydroxylamine groups is 2. The minimum Gasteiger partial charge on any atom is -0.300 e. The monoisotopic (exact) mass is 183 g/mol. The third-order valence-corrected chi connectivity index (χ3v) is 2.95. The third kappa shape index (κ3) is 2.29. The lowest BCUT2D eigenvalue weighted by atomic mass is 9.94. The molecule has 1 saturated heterocycles. The van der Waals surface area contributed by atoms with E-state index in [4.69, 9.17) is 4.84 Å². The van der Waals surface area contributed by atoms with Crippen LogP contribution in [-0.4, -0.2) is 30.0 Å². The molecule has 0 aromatic rings. The van der Waals surface area contributed by atoms with Gasteiger partial charge in [-0.2, -0.15) is 5.06 Å². The zero-order chi connectivity index (χ0) is 9.10. The van der Waals surface area contributed by atoms with E-state index in [9.17, 15) is 4.79 Å². The molecule has 1 heterocycles. The Morgan fingerprint density at radius 3 is 2.62 bits per heavy atom. The van der Waals surface area contributed by atoms with Gasteiger partial charge in [-0.15, -0.1) is 0 Å². The normalized spacial score (nSPS) is 27.8. The average Bonchev–Trinajstić information content (AvgIpc) is 2.20. The average molecular weight is 183 g/mol. The van der Waals surface area contributed by atoms with Crippen molar-refractivity contribution in [3.8, 4) is 0 Å². The number of Topliss-reactive ketones (excluding diaryl/α,β-unsaturated/α-hetero) is 1. The van der Waals surface area contributed by atoms with Gasteiger partial charge < -0.3 is 0 Å². The van der Waals surface area contributed by atoms with Crippen LogP contribution < -0.4 is 0 Å². The quantitative estimate of drug-likeness (QED) is 0.617. The van der Waals surface area contributed by atoms with E-state index in [0.717, 1.165) is 38.8 Å². The van der Waals surface area contributed by atoms with Crippen molar-refractivity contribution in [3.05, 3.63) is 0 Å². The Kier molecular flexibility index (Phi) is 2.96. The highest BCUT2D eigenvalue weighted by Gasteiger charge is 2.26. The molecule has 1 aliphatic carbocycles. The van der Waals surface area contributed by atoms with Gasteiger partial charge in [0.1, 0.15) is 5.78 Å². The summed E-state index contributed by atoms with van der Waals surface area (Å²) < 4.78 is 0. The van der Waals surface area contributed by atoms with Crippen LogP contribution in [0.5, 0.6) is 0 Å². The molecule has 74 valence electrons. The van der Waals surface area contributed by atoms with Crippen molar-refractivity contribution in [1.82, 2.24) is 5.06 Å². The van der Waals surface area contributed by atoms with Gasteiger partial charge in [-0.3, -0.25) is 9.63 Å². The summed E-state index contributed by atoms with van der Waals surface area (Å²) in [5, 5.41) is 2.11. The lowest BCUT2D eigenvalue weighted by Gasteiger charge is -2.35. The van der Waals surface area contributed by atoms with E-state index in [-0.39, 0.29) is 0 Å². The van der Waals surface area contributed by atoms with Gasteiger partial charge in [0.05, 0.1) is 6.61 Å². The highest BCUT2D eigenvalue weighted by atomic mass is 16.7. The van der Waals surface area contributed by atoms with Crippen molar-refractivity contribution in [2.75, 3.05) is 13.2 Å². The second-order valence-corrected chi connectivity index (χ2v) is 3.95. The topological polar surface area (TPSA) is 29.5 Å². The Balaban J connectivity index is 1.82. The molecule has 3 nitrogen and oxygen atoms in total. The van der Waals surface area contributed by atoms with E-state index in [1.165, 1.54) is 12.8 Å². The predicted octanol–water partition coefficient (Wildman–Crippen LogP) is 1.53. The van der Waals surface area contributed by atoms with Gasteiger partial charge in [-0.1, -0.05) is 0 Å². The molecule has 0 spiro atoms. The molecule has 2 rings (SSSR count). The van der Waals surface area contributed by atoms with Gasteiger partial charge in [0.25, 0.3) is 0 Å². The molecule has 13 heavy (non-hydrogen) atoms. The second-order valence-electron chi connectivity index (χ2n) is 3.95. The molecule has 0 N–H and O–H groups in total. The first-order valence-corrected chi connectivity index (χ1v) is 5.27. The van der Waals surface area contributed by atoms with E-state index in [2.05, 4.69) is 5.06 Å². The highest BCUT2D eigenvalue weighted by molar-refractivity contribution is 5.79. The molecular formula is C10H17NO2. The van der Waals surface area contributed by atoms with Crippen molar-refractivity contribution in [3.63, 3.8) is 0 Å². The van der Waals surface area contributed by atoms with E-state index >= 15 is 0 Å². The number of hydrogen-bond acceptors (Lipinski definition) is 3. The molecule has 1 aliphatic heterocycles. The molecule has 0 radical (unpaired) electrons. The summed E-state index contributed by atoms with van der Waals surface area (Å²) in [4.78, 5) is 16.6. The predicted molar refractivity (Wildman–Crippen MR) is 49.2 cm³/mol. The smallest absolute Gasteiger partial charge is 0.133 e.